The summed E-state index contributed by atoms with van der Waals surface area (Å²) >= 11 is 0. The fourth-order valence-electron chi connectivity index (χ4n) is 1.89. The minimum atomic E-state index is 0.414. The molecule has 0 saturated carbocycles. The van der Waals surface area contributed by atoms with Crippen molar-refractivity contribution in [2.45, 2.75) is 33.2 Å². The fourth-order valence-corrected chi connectivity index (χ4v) is 1.89. The Morgan fingerprint density at radius 3 is 2.75 bits per heavy atom. The third kappa shape index (κ3) is 3.62. The maximum Gasteiger partial charge on any atom is 0.0474 e. The van der Waals surface area contributed by atoms with Gasteiger partial charge < -0.3 is 10.1 Å². The largest absolute Gasteiger partial charge is 0.385 e. The summed E-state index contributed by atoms with van der Waals surface area (Å²) in [6.45, 7) is 8.40. The highest BCUT2D eigenvalue weighted by molar-refractivity contribution is 5.34. The van der Waals surface area contributed by atoms with Crippen molar-refractivity contribution in [2.24, 2.45) is 0 Å². The predicted molar refractivity (Wildman–Crippen MR) is 68.8 cm³/mol. The zero-order valence-corrected chi connectivity index (χ0v) is 10.8. The summed E-state index contributed by atoms with van der Waals surface area (Å²) in [7, 11) is 1.74. The quantitative estimate of drug-likeness (QED) is 0.746. The summed E-state index contributed by atoms with van der Waals surface area (Å²) < 4.78 is 5.03. The standard InChI is InChI=1S/C14H23NO/c1-11-7-5-8-14(12(11)2)13(3)15-9-6-10-16-4/h5,7-8,13,15H,6,9-10H2,1-4H3. The van der Waals surface area contributed by atoms with Gasteiger partial charge in [-0.05, 0) is 50.4 Å². The molecule has 0 aromatic heterocycles. The number of benzene rings is 1. The first-order valence-corrected chi connectivity index (χ1v) is 5.95. The molecule has 0 heterocycles. The lowest BCUT2D eigenvalue weighted by molar-refractivity contribution is 0.193. The molecule has 16 heavy (non-hydrogen) atoms. The van der Waals surface area contributed by atoms with Crippen LogP contribution in [0, 0.1) is 13.8 Å². The monoisotopic (exact) mass is 221 g/mol. The van der Waals surface area contributed by atoms with Crippen LogP contribution in [-0.2, 0) is 4.74 Å². The molecule has 0 aliphatic carbocycles. The number of hydrogen-bond donors (Lipinski definition) is 1. The van der Waals surface area contributed by atoms with Gasteiger partial charge in [-0.15, -0.1) is 0 Å². The van der Waals surface area contributed by atoms with E-state index in [1.54, 1.807) is 7.11 Å². The van der Waals surface area contributed by atoms with Gasteiger partial charge in [-0.25, -0.2) is 0 Å². The Kier molecular flexibility index (Phi) is 5.50. The van der Waals surface area contributed by atoms with Gasteiger partial charge in [-0.3, -0.25) is 0 Å². The molecule has 0 aliphatic heterocycles. The van der Waals surface area contributed by atoms with E-state index >= 15 is 0 Å². The molecule has 1 rings (SSSR count). The molecule has 1 N–H and O–H groups in total. The third-order valence-electron chi connectivity index (χ3n) is 3.09. The second-order valence-corrected chi connectivity index (χ2v) is 4.31. The summed E-state index contributed by atoms with van der Waals surface area (Å²) in [4.78, 5) is 0. The minimum absolute atomic E-state index is 0.414. The molecule has 1 unspecified atom stereocenters. The van der Waals surface area contributed by atoms with Crippen molar-refractivity contribution in [3.05, 3.63) is 34.9 Å². The van der Waals surface area contributed by atoms with E-state index < -0.39 is 0 Å². The van der Waals surface area contributed by atoms with E-state index in [0.29, 0.717) is 6.04 Å². The van der Waals surface area contributed by atoms with Gasteiger partial charge in [0.2, 0.25) is 0 Å². The minimum Gasteiger partial charge on any atom is -0.385 e. The molecule has 1 aromatic rings. The van der Waals surface area contributed by atoms with Crippen LogP contribution in [0.5, 0.6) is 0 Å². The molecule has 2 nitrogen and oxygen atoms in total. The van der Waals surface area contributed by atoms with E-state index in [-0.39, 0.29) is 0 Å². The molecular formula is C14H23NO. The SMILES string of the molecule is COCCCNC(C)c1cccc(C)c1C. The lowest BCUT2D eigenvalue weighted by atomic mass is 9.98. The van der Waals surface area contributed by atoms with E-state index in [2.05, 4.69) is 44.3 Å². The number of rotatable bonds is 6. The topological polar surface area (TPSA) is 21.3 Å². The van der Waals surface area contributed by atoms with E-state index in [0.717, 1.165) is 19.6 Å². The first-order chi connectivity index (χ1) is 7.66. The highest BCUT2D eigenvalue weighted by atomic mass is 16.5. The van der Waals surface area contributed by atoms with Crippen LogP contribution in [0.3, 0.4) is 0 Å². The molecule has 0 saturated heterocycles. The molecular weight excluding hydrogens is 198 g/mol. The number of aryl methyl sites for hydroxylation is 1. The van der Waals surface area contributed by atoms with E-state index in [1.165, 1.54) is 16.7 Å². The Labute approximate surface area is 99.0 Å². The Morgan fingerprint density at radius 2 is 2.06 bits per heavy atom. The van der Waals surface area contributed by atoms with Crippen molar-refractivity contribution in [1.29, 1.82) is 0 Å². The Morgan fingerprint density at radius 1 is 1.31 bits per heavy atom. The van der Waals surface area contributed by atoms with Crippen molar-refractivity contribution in [2.75, 3.05) is 20.3 Å². The molecule has 0 bridgehead atoms. The molecule has 0 aliphatic rings. The molecule has 2 heteroatoms. The van der Waals surface area contributed by atoms with Crippen LogP contribution in [0.2, 0.25) is 0 Å². The lowest BCUT2D eigenvalue weighted by Crippen LogP contribution is -2.21. The normalized spacial score (nSPS) is 12.8. The maximum atomic E-state index is 5.03. The predicted octanol–water partition coefficient (Wildman–Crippen LogP) is 2.99. The van der Waals surface area contributed by atoms with E-state index in [4.69, 9.17) is 4.74 Å². The van der Waals surface area contributed by atoms with Gasteiger partial charge in [0, 0.05) is 19.8 Å². The van der Waals surface area contributed by atoms with Crippen LogP contribution < -0.4 is 5.32 Å². The van der Waals surface area contributed by atoms with Gasteiger partial charge in [-0.1, -0.05) is 18.2 Å². The van der Waals surface area contributed by atoms with Crippen LogP contribution >= 0.6 is 0 Å². The Bertz CT molecular complexity index is 323. The average molecular weight is 221 g/mol. The second kappa shape index (κ2) is 6.66. The molecule has 0 fully saturated rings. The van der Waals surface area contributed by atoms with Crippen molar-refractivity contribution in [1.82, 2.24) is 5.32 Å². The van der Waals surface area contributed by atoms with Crippen molar-refractivity contribution in [3.8, 4) is 0 Å². The molecule has 90 valence electrons. The lowest BCUT2D eigenvalue weighted by Gasteiger charge is -2.17. The summed E-state index contributed by atoms with van der Waals surface area (Å²) in [6, 6.07) is 6.91. The fraction of sp³-hybridized carbons (Fsp3) is 0.571. The smallest absolute Gasteiger partial charge is 0.0474 e. The number of hydrogen-bond acceptors (Lipinski definition) is 2. The van der Waals surface area contributed by atoms with Gasteiger partial charge in [0.1, 0.15) is 0 Å². The van der Waals surface area contributed by atoms with Gasteiger partial charge >= 0.3 is 0 Å². The van der Waals surface area contributed by atoms with Crippen LogP contribution in [0.15, 0.2) is 18.2 Å². The number of nitrogens with one attached hydrogen (secondary N) is 1. The maximum absolute atomic E-state index is 5.03. The summed E-state index contributed by atoms with van der Waals surface area (Å²) in [5, 5.41) is 3.52. The zero-order chi connectivity index (χ0) is 12.0. The summed E-state index contributed by atoms with van der Waals surface area (Å²) in [6.07, 6.45) is 1.06. The van der Waals surface area contributed by atoms with Crippen LogP contribution in [-0.4, -0.2) is 20.3 Å². The molecule has 0 amide bonds. The van der Waals surface area contributed by atoms with E-state index in [9.17, 15) is 0 Å². The molecule has 1 aromatic carbocycles. The Balaban J connectivity index is 2.52. The van der Waals surface area contributed by atoms with Gasteiger partial charge in [0.15, 0.2) is 0 Å². The van der Waals surface area contributed by atoms with Gasteiger partial charge in [-0.2, -0.15) is 0 Å². The van der Waals surface area contributed by atoms with Crippen molar-refractivity contribution < 1.29 is 4.74 Å². The third-order valence-corrected chi connectivity index (χ3v) is 3.09. The highest BCUT2D eigenvalue weighted by Crippen LogP contribution is 2.19. The first-order valence-electron chi connectivity index (χ1n) is 5.95. The average Bonchev–Trinajstić information content (AvgIpc) is 2.28. The number of ether oxygens (including phenoxy) is 1. The molecule has 0 spiro atoms. The van der Waals surface area contributed by atoms with Gasteiger partial charge in [0.25, 0.3) is 0 Å². The molecule has 1 atom stereocenters. The van der Waals surface area contributed by atoms with Crippen molar-refractivity contribution >= 4 is 0 Å². The van der Waals surface area contributed by atoms with Crippen LogP contribution in [0.25, 0.3) is 0 Å². The van der Waals surface area contributed by atoms with E-state index in [1.807, 2.05) is 0 Å². The first kappa shape index (κ1) is 13.2. The zero-order valence-electron chi connectivity index (χ0n) is 10.8. The van der Waals surface area contributed by atoms with Crippen LogP contribution in [0.1, 0.15) is 36.1 Å². The summed E-state index contributed by atoms with van der Waals surface area (Å²) in [5.41, 5.74) is 4.16. The molecule has 0 radical (unpaired) electrons. The van der Waals surface area contributed by atoms with Crippen LogP contribution in [0.4, 0.5) is 0 Å². The summed E-state index contributed by atoms with van der Waals surface area (Å²) in [5.74, 6) is 0. The Hall–Kier alpha value is -0.860. The number of methoxy groups -OCH3 is 1. The van der Waals surface area contributed by atoms with Gasteiger partial charge in [0.05, 0.1) is 0 Å². The van der Waals surface area contributed by atoms with Crippen molar-refractivity contribution in [3.63, 3.8) is 0 Å². The second-order valence-electron chi connectivity index (χ2n) is 4.31. The highest BCUT2D eigenvalue weighted by Gasteiger charge is 2.08.